The third-order valence-electron chi connectivity index (χ3n) is 6.34. The molecule has 33 heavy (non-hydrogen) atoms. The average Bonchev–Trinajstić information content (AvgIpc) is 2.87. The summed E-state index contributed by atoms with van der Waals surface area (Å²) in [4.78, 5) is 4.76. The summed E-state index contributed by atoms with van der Waals surface area (Å²) in [5.74, 6) is 0. The first-order chi connectivity index (χ1) is 16.1. The molecule has 0 spiro atoms. The molecule has 0 saturated carbocycles. The number of rotatable bonds is 10. The standard InChI is InChI=1S/C31H38N2/c1-6-32(7-2)29-20-16-27(17-21-29)31(24-15-25(5)26-13-11-10-12-14-26)28-18-22-30(23-19-28)33(8-3)9-4/h10-24H,6-9H2,1-5H3. The minimum absolute atomic E-state index is 1.02. The summed E-state index contributed by atoms with van der Waals surface area (Å²) < 4.78 is 0. The van der Waals surface area contributed by atoms with E-state index < -0.39 is 0 Å². The Kier molecular flexibility index (Phi) is 8.95. The first-order valence-corrected chi connectivity index (χ1v) is 12.3. The highest BCUT2D eigenvalue weighted by Gasteiger charge is 2.09. The normalized spacial score (nSPS) is 11.2. The number of benzene rings is 3. The molecule has 2 heteroatoms. The predicted octanol–water partition coefficient (Wildman–Crippen LogP) is 7.91. The van der Waals surface area contributed by atoms with Gasteiger partial charge in [0, 0.05) is 37.6 Å². The van der Waals surface area contributed by atoms with Crippen LogP contribution in [0.4, 0.5) is 11.4 Å². The molecule has 0 aliphatic heterocycles. The monoisotopic (exact) mass is 438 g/mol. The Morgan fingerprint density at radius 1 is 0.545 bits per heavy atom. The fourth-order valence-corrected chi connectivity index (χ4v) is 4.25. The number of anilines is 2. The van der Waals surface area contributed by atoms with Gasteiger partial charge in [-0.15, -0.1) is 0 Å². The molecule has 0 aliphatic rings. The molecule has 0 unspecified atom stereocenters. The van der Waals surface area contributed by atoms with Gasteiger partial charge in [0.1, 0.15) is 0 Å². The maximum Gasteiger partial charge on any atom is 0.0366 e. The van der Waals surface area contributed by atoms with Crippen molar-refractivity contribution < 1.29 is 0 Å². The Hall–Kier alpha value is -3.26. The van der Waals surface area contributed by atoms with Crippen LogP contribution in [-0.2, 0) is 0 Å². The highest BCUT2D eigenvalue weighted by atomic mass is 15.1. The lowest BCUT2D eigenvalue weighted by Gasteiger charge is -2.22. The van der Waals surface area contributed by atoms with Crippen molar-refractivity contribution >= 4 is 22.5 Å². The molecule has 0 atom stereocenters. The zero-order valence-electron chi connectivity index (χ0n) is 20.9. The van der Waals surface area contributed by atoms with E-state index in [1.165, 1.54) is 39.2 Å². The predicted molar refractivity (Wildman–Crippen MR) is 147 cm³/mol. The Morgan fingerprint density at radius 3 is 1.36 bits per heavy atom. The second kappa shape index (κ2) is 12.1. The van der Waals surface area contributed by atoms with Crippen molar-refractivity contribution in [2.24, 2.45) is 0 Å². The first kappa shape index (κ1) is 24.4. The summed E-state index contributed by atoms with van der Waals surface area (Å²) in [5, 5.41) is 0. The maximum atomic E-state index is 2.38. The van der Waals surface area contributed by atoms with Crippen LogP contribution in [0.3, 0.4) is 0 Å². The van der Waals surface area contributed by atoms with Gasteiger partial charge >= 0.3 is 0 Å². The van der Waals surface area contributed by atoms with Crippen LogP contribution in [0, 0.1) is 0 Å². The molecule has 0 fully saturated rings. The van der Waals surface area contributed by atoms with Crippen LogP contribution in [0.5, 0.6) is 0 Å². The SMILES string of the molecule is CCN(CC)c1ccc(C(=CC=C(C)c2ccccc2)c2ccc(N(CC)CC)cc2)cc1. The van der Waals surface area contributed by atoms with Crippen molar-refractivity contribution in [1.29, 1.82) is 0 Å². The van der Waals surface area contributed by atoms with Gasteiger partial charge < -0.3 is 9.80 Å². The quantitative estimate of drug-likeness (QED) is 0.297. The van der Waals surface area contributed by atoms with Gasteiger partial charge in [0.15, 0.2) is 0 Å². The molecule has 0 bridgehead atoms. The second-order valence-corrected chi connectivity index (χ2v) is 8.23. The lowest BCUT2D eigenvalue weighted by Crippen LogP contribution is -2.21. The number of nitrogens with zero attached hydrogens (tertiary/aromatic N) is 2. The molecule has 0 aliphatic carbocycles. The number of hydrogen-bond donors (Lipinski definition) is 0. The van der Waals surface area contributed by atoms with Gasteiger partial charge in [-0.25, -0.2) is 0 Å². The van der Waals surface area contributed by atoms with Gasteiger partial charge in [-0.3, -0.25) is 0 Å². The van der Waals surface area contributed by atoms with Gasteiger partial charge in [0.05, 0.1) is 0 Å². The largest absolute Gasteiger partial charge is 0.372 e. The number of allylic oxidation sites excluding steroid dienone is 3. The van der Waals surface area contributed by atoms with Crippen LogP contribution < -0.4 is 9.80 Å². The Labute approximate surface area is 200 Å². The molecule has 3 aromatic carbocycles. The fraction of sp³-hybridized carbons (Fsp3) is 0.290. The van der Waals surface area contributed by atoms with E-state index >= 15 is 0 Å². The van der Waals surface area contributed by atoms with Gasteiger partial charge in [0.2, 0.25) is 0 Å². The molecular formula is C31H38N2. The highest BCUT2D eigenvalue weighted by molar-refractivity contribution is 5.83. The molecule has 0 radical (unpaired) electrons. The summed E-state index contributed by atoms with van der Waals surface area (Å²) in [6, 6.07) is 28.6. The third kappa shape index (κ3) is 6.16. The molecule has 0 saturated heterocycles. The molecular weight excluding hydrogens is 400 g/mol. The Bertz CT molecular complexity index is 979. The zero-order valence-corrected chi connectivity index (χ0v) is 20.9. The highest BCUT2D eigenvalue weighted by Crippen LogP contribution is 2.28. The Balaban J connectivity index is 2.01. The van der Waals surface area contributed by atoms with Gasteiger partial charge in [0.25, 0.3) is 0 Å². The second-order valence-electron chi connectivity index (χ2n) is 8.23. The lowest BCUT2D eigenvalue weighted by molar-refractivity contribution is 0.866. The molecule has 3 rings (SSSR count). The zero-order chi connectivity index (χ0) is 23.6. The van der Waals surface area contributed by atoms with Crippen LogP contribution in [0.1, 0.15) is 51.3 Å². The summed E-state index contributed by atoms with van der Waals surface area (Å²) in [5.41, 5.74) is 8.76. The Morgan fingerprint density at radius 2 is 0.970 bits per heavy atom. The van der Waals surface area contributed by atoms with Crippen LogP contribution in [0.2, 0.25) is 0 Å². The van der Waals surface area contributed by atoms with Gasteiger partial charge in [-0.1, -0.05) is 66.7 Å². The van der Waals surface area contributed by atoms with Gasteiger partial charge in [-0.05, 0) is 86.7 Å². The van der Waals surface area contributed by atoms with Crippen molar-refractivity contribution in [2.75, 3.05) is 36.0 Å². The topological polar surface area (TPSA) is 6.48 Å². The molecule has 0 heterocycles. The third-order valence-corrected chi connectivity index (χ3v) is 6.34. The maximum absolute atomic E-state index is 2.38. The van der Waals surface area contributed by atoms with Crippen LogP contribution in [0.25, 0.3) is 11.1 Å². The van der Waals surface area contributed by atoms with E-state index in [0.717, 1.165) is 26.2 Å². The van der Waals surface area contributed by atoms with Crippen molar-refractivity contribution in [1.82, 2.24) is 0 Å². The lowest BCUT2D eigenvalue weighted by atomic mass is 9.95. The van der Waals surface area contributed by atoms with Crippen molar-refractivity contribution in [2.45, 2.75) is 34.6 Å². The minimum atomic E-state index is 1.02. The van der Waals surface area contributed by atoms with E-state index in [9.17, 15) is 0 Å². The van der Waals surface area contributed by atoms with Crippen molar-refractivity contribution in [3.8, 4) is 0 Å². The van der Waals surface area contributed by atoms with E-state index in [1.54, 1.807) is 0 Å². The minimum Gasteiger partial charge on any atom is -0.372 e. The fourth-order valence-electron chi connectivity index (χ4n) is 4.25. The molecule has 2 nitrogen and oxygen atoms in total. The average molecular weight is 439 g/mol. The van der Waals surface area contributed by atoms with Crippen molar-refractivity contribution in [3.63, 3.8) is 0 Å². The summed E-state index contributed by atoms with van der Waals surface area (Å²) >= 11 is 0. The smallest absolute Gasteiger partial charge is 0.0366 e. The molecule has 172 valence electrons. The van der Waals surface area contributed by atoms with E-state index in [2.05, 4.69) is 135 Å². The molecule has 3 aromatic rings. The van der Waals surface area contributed by atoms with E-state index in [-0.39, 0.29) is 0 Å². The molecule has 0 aromatic heterocycles. The molecule has 0 N–H and O–H groups in total. The van der Waals surface area contributed by atoms with E-state index in [4.69, 9.17) is 0 Å². The molecule has 0 amide bonds. The van der Waals surface area contributed by atoms with Crippen LogP contribution in [-0.4, -0.2) is 26.2 Å². The van der Waals surface area contributed by atoms with E-state index in [0.29, 0.717) is 0 Å². The van der Waals surface area contributed by atoms with E-state index in [1.807, 2.05) is 0 Å². The van der Waals surface area contributed by atoms with Crippen molar-refractivity contribution in [3.05, 3.63) is 108 Å². The first-order valence-electron chi connectivity index (χ1n) is 12.3. The van der Waals surface area contributed by atoms with Crippen LogP contribution >= 0.6 is 0 Å². The summed E-state index contributed by atoms with van der Waals surface area (Å²) in [6.07, 6.45) is 4.50. The number of hydrogen-bond acceptors (Lipinski definition) is 2. The van der Waals surface area contributed by atoms with Crippen LogP contribution in [0.15, 0.2) is 91.0 Å². The van der Waals surface area contributed by atoms with Gasteiger partial charge in [-0.2, -0.15) is 0 Å². The summed E-state index contributed by atoms with van der Waals surface area (Å²) in [7, 11) is 0. The summed E-state index contributed by atoms with van der Waals surface area (Å²) in [6.45, 7) is 15.1.